The molecule has 3 rings (SSSR count). The van der Waals surface area contributed by atoms with Crippen LogP contribution in [0, 0.1) is 18.3 Å². The van der Waals surface area contributed by atoms with E-state index >= 15 is 0 Å². The Bertz CT molecular complexity index is 441. The second-order valence-electron chi connectivity index (χ2n) is 7.03. The minimum atomic E-state index is 0.350. The van der Waals surface area contributed by atoms with E-state index in [1.807, 2.05) is 0 Å². The van der Waals surface area contributed by atoms with E-state index in [0.717, 1.165) is 12.0 Å². The summed E-state index contributed by atoms with van der Waals surface area (Å²) in [5, 5.41) is 3.71. The summed E-state index contributed by atoms with van der Waals surface area (Å²) in [4.78, 5) is 0. The number of benzene rings is 1. The van der Waals surface area contributed by atoms with E-state index in [2.05, 4.69) is 57.3 Å². The molecule has 18 heavy (non-hydrogen) atoms. The highest BCUT2D eigenvalue weighted by Crippen LogP contribution is 2.68. The number of nitrogens with one attached hydrogen (secondary N) is 1. The lowest BCUT2D eigenvalue weighted by molar-refractivity contribution is 0.506. The molecule has 98 valence electrons. The lowest BCUT2D eigenvalue weighted by atomic mass is 9.89. The number of aryl methyl sites for hydroxylation is 1. The highest BCUT2D eigenvalue weighted by Gasteiger charge is 2.67. The van der Waals surface area contributed by atoms with Crippen LogP contribution in [-0.2, 0) is 5.41 Å². The zero-order valence-corrected chi connectivity index (χ0v) is 12.1. The summed E-state index contributed by atoms with van der Waals surface area (Å²) in [6.45, 7) is 10.6. The molecule has 2 aliphatic carbocycles. The quantitative estimate of drug-likeness (QED) is 0.851. The van der Waals surface area contributed by atoms with Crippen LogP contribution in [0.2, 0.25) is 0 Å². The van der Waals surface area contributed by atoms with Gasteiger partial charge in [-0.2, -0.15) is 0 Å². The van der Waals surface area contributed by atoms with Gasteiger partial charge in [-0.3, -0.25) is 0 Å². The third-order valence-corrected chi connectivity index (χ3v) is 5.66. The van der Waals surface area contributed by atoms with Crippen LogP contribution in [-0.4, -0.2) is 12.6 Å². The van der Waals surface area contributed by atoms with Crippen LogP contribution >= 0.6 is 0 Å². The van der Waals surface area contributed by atoms with Gasteiger partial charge < -0.3 is 5.32 Å². The first-order chi connectivity index (χ1) is 8.46. The van der Waals surface area contributed by atoms with Crippen LogP contribution < -0.4 is 5.32 Å². The summed E-state index contributed by atoms with van der Waals surface area (Å²) in [5.74, 6) is 0.772. The lowest BCUT2D eigenvalue weighted by Crippen LogP contribution is -2.22. The minimum absolute atomic E-state index is 0.350. The highest BCUT2D eigenvalue weighted by molar-refractivity contribution is 5.40. The van der Waals surface area contributed by atoms with Crippen molar-refractivity contribution in [2.45, 2.75) is 52.0 Å². The van der Waals surface area contributed by atoms with Crippen molar-refractivity contribution in [3.8, 4) is 0 Å². The average molecular weight is 243 g/mol. The fraction of sp³-hybridized carbons (Fsp3) is 0.647. The molecule has 2 aliphatic rings. The maximum atomic E-state index is 3.71. The largest absolute Gasteiger partial charge is 0.314 e. The molecule has 0 bridgehead atoms. The van der Waals surface area contributed by atoms with Gasteiger partial charge in [0.05, 0.1) is 0 Å². The topological polar surface area (TPSA) is 12.0 Å². The molecule has 0 radical (unpaired) electrons. The van der Waals surface area contributed by atoms with Crippen molar-refractivity contribution < 1.29 is 0 Å². The van der Waals surface area contributed by atoms with E-state index in [-0.39, 0.29) is 0 Å². The van der Waals surface area contributed by atoms with E-state index in [0.29, 0.717) is 10.8 Å². The van der Waals surface area contributed by atoms with Crippen molar-refractivity contribution in [2.24, 2.45) is 11.3 Å². The van der Waals surface area contributed by atoms with Crippen molar-refractivity contribution in [3.63, 3.8) is 0 Å². The normalized spacial score (nSPS) is 33.4. The van der Waals surface area contributed by atoms with E-state index in [4.69, 9.17) is 0 Å². The molecule has 2 atom stereocenters. The van der Waals surface area contributed by atoms with Gasteiger partial charge >= 0.3 is 0 Å². The Balaban J connectivity index is 1.78. The van der Waals surface area contributed by atoms with Gasteiger partial charge in [-0.1, -0.05) is 50.6 Å². The molecule has 0 spiro atoms. The van der Waals surface area contributed by atoms with Crippen LogP contribution in [0.5, 0.6) is 0 Å². The Labute approximate surface area is 111 Å². The van der Waals surface area contributed by atoms with Gasteiger partial charge in [-0.25, -0.2) is 0 Å². The van der Waals surface area contributed by atoms with Gasteiger partial charge in [0, 0.05) is 11.5 Å². The summed E-state index contributed by atoms with van der Waals surface area (Å²) < 4.78 is 0. The summed E-state index contributed by atoms with van der Waals surface area (Å²) in [6, 6.07) is 9.98. The standard InChI is InChI=1S/C17H25N/c1-12-5-7-13(8-6-12)17(4)15(16(17,2)3)11-18-14-9-10-14/h5-8,14-15,18H,9-11H2,1-4H3. The van der Waals surface area contributed by atoms with Crippen molar-refractivity contribution in [3.05, 3.63) is 35.4 Å². The summed E-state index contributed by atoms with van der Waals surface area (Å²) in [5.41, 5.74) is 3.64. The Morgan fingerprint density at radius 3 is 2.28 bits per heavy atom. The Morgan fingerprint density at radius 2 is 1.72 bits per heavy atom. The van der Waals surface area contributed by atoms with Gasteiger partial charge in [0.1, 0.15) is 0 Å². The number of rotatable bonds is 4. The first kappa shape index (κ1) is 12.2. The summed E-state index contributed by atoms with van der Waals surface area (Å²) in [7, 11) is 0. The van der Waals surface area contributed by atoms with E-state index < -0.39 is 0 Å². The minimum Gasteiger partial charge on any atom is -0.314 e. The Kier molecular flexibility index (Phi) is 2.60. The molecule has 1 N–H and O–H groups in total. The van der Waals surface area contributed by atoms with Crippen molar-refractivity contribution in [1.29, 1.82) is 0 Å². The molecule has 2 fully saturated rings. The van der Waals surface area contributed by atoms with E-state index in [1.54, 1.807) is 0 Å². The van der Waals surface area contributed by atoms with Crippen LogP contribution in [0.3, 0.4) is 0 Å². The Morgan fingerprint density at radius 1 is 1.11 bits per heavy atom. The molecule has 1 aromatic rings. The van der Waals surface area contributed by atoms with Crippen LogP contribution in [0.4, 0.5) is 0 Å². The van der Waals surface area contributed by atoms with Gasteiger partial charge in [0.2, 0.25) is 0 Å². The molecule has 0 saturated heterocycles. The van der Waals surface area contributed by atoms with E-state index in [9.17, 15) is 0 Å². The van der Waals surface area contributed by atoms with Gasteiger partial charge in [0.25, 0.3) is 0 Å². The first-order valence-electron chi connectivity index (χ1n) is 7.27. The van der Waals surface area contributed by atoms with E-state index in [1.165, 1.54) is 30.5 Å². The molecular formula is C17H25N. The van der Waals surface area contributed by atoms with Crippen LogP contribution in [0.15, 0.2) is 24.3 Å². The van der Waals surface area contributed by atoms with Crippen molar-refractivity contribution in [1.82, 2.24) is 5.32 Å². The third-order valence-electron chi connectivity index (χ3n) is 5.66. The first-order valence-corrected chi connectivity index (χ1v) is 7.27. The van der Waals surface area contributed by atoms with Crippen LogP contribution in [0.25, 0.3) is 0 Å². The molecular weight excluding hydrogens is 218 g/mol. The molecule has 2 unspecified atom stereocenters. The zero-order chi connectivity index (χ0) is 13.0. The van der Waals surface area contributed by atoms with Gasteiger partial charge in [-0.05, 0) is 43.2 Å². The molecule has 1 aromatic carbocycles. The maximum Gasteiger partial charge on any atom is 0.00683 e. The van der Waals surface area contributed by atoms with Crippen molar-refractivity contribution >= 4 is 0 Å². The smallest absolute Gasteiger partial charge is 0.00683 e. The predicted molar refractivity (Wildman–Crippen MR) is 76.8 cm³/mol. The molecule has 0 amide bonds. The number of hydrogen-bond acceptors (Lipinski definition) is 1. The lowest BCUT2D eigenvalue weighted by Gasteiger charge is -2.15. The average Bonchev–Trinajstić information content (AvgIpc) is 3.19. The summed E-state index contributed by atoms with van der Waals surface area (Å²) >= 11 is 0. The molecule has 0 heterocycles. The fourth-order valence-corrected chi connectivity index (χ4v) is 3.61. The summed E-state index contributed by atoms with van der Waals surface area (Å²) in [6.07, 6.45) is 2.77. The number of hydrogen-bond donors (Lipinski definition) is 1. The second-order valence-corrected chi connectivity index (χ2v) is 7.03. The van der Waals surface area contributed by atoms with Crippen molar-refractivity contribution in [2.75, 3.05) is 6.54 Å². The molecule has 2 saturated carbocycles. The highest BCUT2D eigenvalue weighted by atomic mass is 15.0. The fourth-order valence-electron chi connectivity index (χ4n) is 3.61. The zero-order valence-electron chi connectivity index (χ0n) is 12.1. The molecule has 1 nitrogen and oxygen atoms in total. The Hall–Kier alpha value is -0.820. The maximum absolute atomic E-state index is 3.71. The third kappa shape index (κ3) is 1.72. The van der Waals surface area contributed by atoms with Gasteiger partial charge in [0.15, 0.2) is 0 Å². The van der Waals surface area contributed by atoms with Gasteiger partial charge in [-0.15, -0.1) is 0 Å². The molecule has 1 heteroatoms. The molecule has 0 aliphatic heterocycles. The SMILES string of the molecule is Cc1ccc(C2(C)C(CNC3CC3)C2(C)C)cc1. The monoisotopic (exact) mass is 243 g/mol. The molecule has 0 aromatic heterocycles. The van der Waals surface area contributed by atoms with Crippen LogP contribution in [0.1, 0.15) is 44.7 Å². The predicted octanol–water partition coefficient (Wildman–Crippen LogP) is 3.66. The second kappa shape index (κ2) is 3.84.